The molecule has 2 saturated carbocycles. The fourth-order valence-corrected chi connectivity index (χ4v) is 4.30. The summed E-state index contributed by atoms with van der Waals surface area (Å²) in [5, 5.41) is 3.56. The molecule has 2 fully saturated rings. The number of nitrogens with one attached hydrogen (secondary N) is 1. The van der Waals surface area contributed by atoms with E-state index in [0.29, 0.717) is 6.04 Å². The standard InChI is InChI=1S/C19H38N2/c1-17(2)20-15-9-10-16-21(18-11-5-3-6-12-18)19-13-7-4-8-14-19/h17-20H,3-16H2,1-2H3. The molecule has 2 rings (SSSR count). The first-order chi connectivity index (χ1) is 10.3. The van der Waals surface area contributed by atoms with E-state index in [0.717, 1.165) is 12.1 Å². The van der Waals surface area contributed by atoms with Crippen molar-refractivity contribution in [2.75, 3.05) is 13.1 Å². The molecular weight excluding hydrogens is 256 g/mol. The Morgan fingerprint density at radius 3 is 1.81 bits per heavy atom. The summed E-state index contributed by atoms with van der Waals surface area (Å²) >= 11 is 0. The third-order valence-electron chi connectivity index (χ3n) is 5.48. The fourth-order valence-electron chi connectivity index (χ4n) is 4.30. The lowest BCUT2D eigenvalue weighted by Gasteiger charge is -2.41. The topological polar surface area (TPSA) is 15.3 Å². The van der Waals surface area contributed by atoms with E-state index in [1.807, 2.05) is 0 Å². The van der Waals surface area contributed by atoms with Crippen molar-refractivity contribution in [2.24, 2.45) is 0 Å². The van der Waals surface area contributed by atoms with Gasteiger partial charge in [0.15, 0.2) is 0 Å². The minimum Gasteiger partial charge on any atom is -0.315 e. The van der Waals surface area contributed by atoms with Crippen molar-refractivity contribution in [1.82, 2.24) is 10.2 Å². The molecule has 0 aliphatic heterocycles. The normalized spacial score (nSPS) is 22.3. The summed E-state index contributed by atoms with van der Waals surface area (Å²) in [5.41, 5.74) is 0. The Kier molecular flexibility index (Phi) is 8.10. The van der Waals surface area contributed by atoms with Crippen molar-refractivity contribution in [3.63, 3.8) is 0 Å². The van der Waals surface area contributed by atoms with E-state index < -0.39 is 0 Å². The van der Waals surface area contributed by atoms with Gasteiger partial charge >= 0.3 is 0 Å². The summed E-state index contributed by atoms with van der Waals surface area (Å²) < 4.78 is 0. The van der Waals surface area contributed by atoms with Crippen LogP contribution in [0.25, 0.3) is 0 Å². The Morgan fingerprint density at radius 1 is 0.810 bits per heavy atom. The second kappa shape index (κ2) is 9.84. The molecule has 124 valence electrons. The second-order valence-electron chi connectivity index (χ2n) is 7.64. The Balaban J connectivity index is 1.76. The highest BCUT2D eigenvalue weighted by atomic mass is 15.2. The van der Waals surface area contributed by atoms with Crippen LogP contribution < -0.4 is 5.32 Å². The van der Waals surface area contributed by atoms with Gasteiger partial charge in [0, 0.05) is 18.1 Å². The predicted octanol–water partition coefficient (Wildman–Crippen LogP) is 4.73. The summed E-state index contributed by atoms with van der Waals surface area (Å²) in [6.45, 7) is 7.04. The highest BCUT2D eigenvalue weighted by molar-refractivity contribution is 4.83. The first-order valence-electron chi connectivity index (χ1n) is 9.76. The Morgan fingerprint density at radius 2 is 1.33 bits per heavy atom. The fraction of sp³-hybridized carbons (Fsp3) is 1.00. The molecule has 0 unspecified atom stereocenters. The van der Waals surface area contributed by atoms with Crippen LogP contribution in [0.2, 0.25) is 0 Å². The van der Waals surface area contributed by atoms with Crippen LogP contribution in [0, 0.1) is 0 Å². The molecule has 0 amide bonds. The van der Waals surface area contributed by atoms with E-state index in [9.17, 15) is 0 Å². The summed E-state index contributed by atoms with van der Waals surface area (Å²) in [6, 6.07) is 2.47. The zero-order chi connectivity index (χ0) is 14.9. The summed E-state index contributed by atoms with van der Waals surface area (Å²) in [4.78, 5) is 2.95. The minimum absolute atomic E-state index is 0.637. The molecule has 2 nitrogen and oxygen atoms in total. The molecule has 2 heteroatoms. The number of rotatable bonds is 8. The molecule has 0 atom stereocenters. The van der Waals surface area contributed by atoms with Crippen LogP contribution >= 0.6 is 0 Å². The number of unbranched alkanes of at least 4 members (excludes halogenated alkanes) is 1. The van der Waals surface area contributed by atoms with Gasteiger partial charge in [-0.1, -0.05) is 52.4 Å². The quantitative estimate of drug-likeness (QED) is 0.651. The lowest BCUT2D eigenvalue weighted by Crippen LogP contribution is -2.45. The van der Waals surface area contributed by atoms with Crippen molar-refractivity contribution in [1.29, 1.82) is 0 Å². The summed E-state index contributed by atoms with van der Waals surface area (Å²) in [5.74, 6) is 0. The van der Waals surface area contributed by atoms with Crippen molar-refractivity contribution in [2.45, 2.75) is 109 Å². The van der Waals surface area contributed by atoms with E-state index >= 15 is 0 Å². The molecule has 1 N–H and O–H groups in total. The van der Waals surface area contributed by atoms with Gasteiger partial charge in [0.2, 0.25) is 0 Å². The van der Waals surface area contributed by atoms with Crippen LogP contribution in [-0.2, 0) is 0 Å². The van der Waals surface area contributed by atoms with E-state index in [4.69, 9.17) is 0 Å². The first-order valence-corrected chi connectivity index (χ1v) is 9.76. The maximum Gasteiger partial charge on any atom is 0.00981 e. The van der Waals surface area contributed by atoms with Gasteiger partial charge in [0.1, 0.15) is 0 Å². The zero-order valence-corrected chi connectivity index (χ0v) is 14.6. The van der Waals surface area contributed by atoms with E-state index in [2.05, 4.69) is 24.1 Å². The van der Waals surface area contributed by atoms with Gasteiger partial charge in [-0.25, -0.2) is 0 Å². The molecule has 0 radical (unpaired) electrons. The second-order valence-corrected chi connectivity index (χ2v) is 7.64. The molecule has 0 heterocycles. The largest absolute Gasteiger partial charge is 0.315 e. The van der Waals surface area contributed by atoms with Gasteiger partial charge in [-0.15, -0.1) is 0 Å². The van der Waals surface area contributed by atoms with Crippen molar-refractivity contribution in [3.8, 4) is 0 Å². The molecule has 0 aromatic heterocycles. The van der Waals surface area contributed by atoms with Gasteiger partial charge in [0.05, 0.1) is 0 Å². The van der Waals surface area contributed by atoms with Gasteiger partial charge < -0.3 is 5.32 Å². The maximum absolute atomic E-state index is 3.56. The average Bonchev–Trinajstić information content (AvgIpc) is 2.52. The van der Waals surface area contributed by atoms with Crippen molar-refractivity contribution in [3.05, 3.63) is 0 Å². The van der Waals surface area contributed by atoms with Crippen LogP contribution in [0.5, 0.6) is 0 Å². The molecule has 2 aliphatic rings. The predicted molar refractivity (Wildman–Crippen MR) is 92.8 cm³/mol. The van der Waals surface area contributed by atoms with E-state index in [-0.39, 0.29) is 0 Å². The number of nitrogens with zero attached hydrogens (tertiary/aromatic N) is 1. The Hall–Kier alpha value is -0.0800. The SMILES string of the molecule is CC(C)NCCCCN(C1CCCCC1)C1CCCCC1. The minimum atomic E-state index is 0.637. The van der Waals surface area contributed by atoms with Crippen LogP contribution in [0.15, 0.2) is 0 Å². The smallest absolute Gasteiger partial charge is 0.00981 e. The average molecular weight is 295 g/mol. The lowest BCUT2D eigenvalue weighted by molar-refractivity contribution is 0.0790. The van der Waals surface area contributed by atoms with Gasteiger partial charge in [0.25, 0.3) is 0 Å². The zero-order valence-electron chi connectivity index (χ0n) is 14.6. The molecule has 0 bridgehead atoms. The highest BCUT2D eigenvalue weighted by Gasteiger charge is 2.28. The molecular formula is C19H38N2. The third-order valence-corrected chi connectivity index (χ3v) is 5.48. The van der Waals surface area contributed by atoms with Crippen LogP contribution in [0.4, 0.5) is 0 Å². The molecule has 0 aromatic rings. The maximum atomic E-state index is 3.56. The molecule has 21 heavy (non-hydrogen) atoms. The molecule has 0 saturated heterocycles. The van der Waals surface area contributed by atoms with Gasteiger partial charge in [-0.3, -0.25) is 4.90 Å². The van der Waals surface area contributed by atoms with Crippen molar-refractivity contribution >= 4 is 0 Å². The molecule has 0 aromatic carbocycles. The molecule has 2 aliphatic carbocycles. The van der Waals surface area contributed by atoms with Gasteiger partial charge in [-0.05, 0) is 51.6 Å². The number of hydrogen-bond donors (Lipinski definition) is 1. The van der Waals surface area contributed by atoms with Crippen LogP contribution in [0.1, 0.15) is 90.9 Å². The highest BCUT2D eigenvalue weighted by Crippen LogP contribution is 2.30. The van der Waals surface area contributed by atoms with E-state index in [1.54, 1.807) is 0 Å². The lowest BCUT2D eigenvalue weighted by atomic mass is 9.88. The van der Waals surface area contributed by atoms with Crippen LogP contribution in [-0.4, -0.2) is 36.1 Å². The van der Waals surface area contributed by atoms with Crippen LogP contribution in [0.3, 0.4) is 0 Å². The third kappa shape index (κ3) is 6.28. The number of hydrogen-bond acceptors (Lipinski definition) is 2. The summed E-state index contributed by atoms with van der Waals surface area (Å²) in [6.07, 6.45) is 17.5. The monoisotopic (exact) mass is 294 g/mol. The first kappa shape index (κ1) is 17.3. The van der Waals surface area contributed by atoms with E-state index in [1.165, 1.54) is 90.1 Å². The van der Waals surface area contributed by atoms with Crippen molar-refractivity contribution < 1.29 is 0 Å². The van der Waals surface area contributed by atoms with Gasteiger partial charge in [-0.2, -0.15) is 0 Å². The molecule has 0 spiro atoms. The summed E-state index contributed by atoms with van der Waals surface area (Å²) in [7, 11) is 0. The Bertz CT molecular complexity index is 234. The Labute approximate surface area is 133 Å².